The number of hydrogen-bond acceptors (Lipinski definition) is 5. The molecule has 1 atom stereocenters. The van der Waals surface area contributed by atoms with Gasteiger partial charge < -0.3 is 0 Å². The molecule has 1 heterocycles. The Labute approximate surface area is 118 Å². The number of ketones is 1. The van der Waals surface area contributed by atoms with Crippen LogP contribution in [0.1, 0.15) is 28.9 Å². The van der Waals surface area contributed by atoms with Crippen molar-refractivity contribution in [3.8, 4) is 0 Å². The van der Waals surface area contributed by atoms with Crippen molar-refractivity contribution in [2.75, 3.05) is 19.1 Å². The van der Waals surface area contributed by atoms with Crippen LogP contribution in [0.25, 0.3) is 0 Å². The lowest BCUT2D eigenvalue weighted by Gasteiger charge is -2.14. The van der Waals surface area contributed by atoms with E-state index in [1.54, 1.807) is 12.5 Å². The molecule has 0 bridgehead atoms. The minimum Gasteiger partial charge on any atom is -0.300 e. The Balaban J connectivity index is 2.53. The Morgan fingerprint density at radius 2 is 1.89 bits per heavy atom. The third kappa shape index (κ3) is 3.17. The van der Waals surface area contributed by atoms with Crippen LogP contribution in [-0.2, 0) is 14.4 Å². The Kier molecular flexibility index (Phi) is 4.77. The molecule has 0 aromatic carbocycles. The van der Waals surface area contributed by atoms with Crippen molar-refractivity contribution < 1.29 is 17.1 Å². The van der Waals surface area contributed by atoms with Crippen molar-refractivity contribution in [1.82, 2.24) is 4.90 Å². The summed E-state index contributed by atoms with van der Waals surface area (Å²) in [6, 6.07) is 0. The molecule has 1 aliphatic rings. The fourth-order valence-electron chi connectivity index (χ4n) is 1.63. The predicted octanol–water partition coefficient (Wildman–Crippen LogP) is 2.05. The number of thioether (sulfide) groups is 2. The number of carbonyl (C=O) groups is 3. The molecule has 0 N–H and O–H groups in total. The van der Waals surface area contributed by atoms with Crippen LogP contribution >= 0.6 is 23.5 Å². The summed E-state index contributed by atoms with van der Waals surface area (Å²) in [7, 11) is 0. The molecule has 0 radical (unpaired) electrons. The van der Waals surface area contributed by atoms with E-state index < -0.39 is 6.88 Å². The van der Waals surface area contributed by atoms with Crippen LogP contribution in [0.5, 0.6) is 0 Å². The molecule has 0 saturated heterocycles. The van der Waals surface area contributed by atoms with E-state index in [2.05, 4.69) is 0 Å². The molecule has 2 amide bonds. The van der Waals surface area contributed by atoms with Gasteiger partial charge in [0.15, 0.2) is 0 Å². The maximum atomic E-state index is 12.0. The summed E-state index contributed by atoms with van der Waals surface area (Å²) in [5.74, 6) is -0.765. The van der Waals surface area contributed by atoms with E-state index in [9.17, 15) is 14.4 Å². The van der Waals surface area contributed by atoms with Crippen molar-refractivity contribution >= 4 is 41.1 Å². The lowest BCUT2D eigenvalue weighted by molar-refractivity contribution is -0.137. The van der Waals surface area contributed by atoms with Crippen LogP contribution in [0.3, 0.4) is 0 Å². The Hall–Kier alpha value is -0.750. The number of rotatable bonds is 7. The van der Waals surface area contributed by atoms with Gasteiger partial charge in [-0.15, -0.1) is 23.5 Å². The molecule has 18 heavy (non-hydrogen) atoms. The zero-order valence-electron chi connectivity index (χ0n) is 12.4. The van der Waals surface area contributed by atoms with Gasteiger partial charge in [0.05, 0.1) is 9.81 Å². The highest BCUT2D eigenvalue weighted by Gasteiger charge is 2.37. The third-order valence-corrected chi connectivity index (χ3v) is 4.26. The van der Waals surface area contributed by atoms with Gasteiger partial charge in [0.25, 0.3) is 11.8 Å². The van der Waals surface area contributed by atoms with E-state index >= 15 is 0 Å². The van der Waals surface area contributed by atoms with E-state index in [0.29, 0.717) is 16.2 Å². The second-order valence-corrected chi connectivity index (χ2v) is 5.31. The molecular weight excluding hydrogens is 270 g/mol. The second-order valence-electron chi connectivity index (χ2n) is 3.67. The third-order valence-electron chi connectivity index (χ3n) is 2.56. The molecule has 0 saturated carbocycles. The molecule has 0 aromatic heterocycles. The second kappa shape index (κ2) is 6.99. The first kappa shape index (κ1) is 12.3. The van der Waals surface area contributed by atoms with Crippen molar-refractivity contribution in [1.29, 1.82) is 0 Å². The average Bonchev–Trinajstić information content (AvgIpc) is 2.60. The van der Waals surface area contributed by atoms with Crippen molar-refractivity contribution in [3.05, 3.63) is 9.81 Å². The van der Waals surface area contributed by atoms with Crippen LogP contribution in [0.2, 0.25) is 0 Å². The van der Waals surface area contributed by atoms with Gasteiger partial charge in [-0.1, -0.05) is 6.88 Å². The lowest BCUT2D eigenvalue weighted by atomic mass is 10.2. The minimum atomic E-state index is -1.15. The highest BCUT2D eigenvalue weighted by Crippen LogP contribution is 2.33. The molecule has 6 heteroatoms. The average molecular weight is 290 g/mol. The highest BCUT2D eigenvalue weighted by molar-refractivity contribution is 8.07. The number of amides is 2. The first-order valence-electron chi connectivity index (χ1n) is 6.62. The first-order chi connectivity index (χ1) is 9.42. The Bertz CT molecular complexity index is 426. The van der Waals surface area contributed by atoms with Gasteiger partial charge in [-0.3, -0.25) is 19.3 Å². The largest absolute Gasteiger partial charge is 0.300 e. The number of nitrogens with zero attached hydrogens (tertiary/aromatic N) is 1. The minimum absolute atomic E-state index is 0.105. The van der Waals surface area contributed by atoms with E-state index in [1.165, 1.54) is 28.4 Å². The fourth-order valence-corrected chi connectivity index (χ4v) is 3.25. The molecule has 0 aliphatic carbocycles. The first-order valence-corrected chi connectivity index (χ1v) is 7.92. The van der Waals surface area contributed by atoms with Gasteiger partial charge in [0.1, 0.15) is 5.78 Å². The predicted molar refractivity (Wildman–Crippen MR) is 75.3 cm³/mol. The van der Waals surface area contributed by atoms with E-state index in [1.807, 2.05) is 0 Å². The van der Waals surface area contributed by atoms with Gasteiger partial charge in [0, 0.05) is 22.1 Å². The maximum Gasteiger partial charge on any atom is 0.268 e. The summed E-state index contributed by atoms with van der Waals surface area (Å²) >= 11 is 2.52. The van der Waals surface area contributed by atoms with E-state index in [-0.39, 0.29) is 37.0 Å². The van der Waals surface area contributed by atoms with E-state index in [0.717, 1.165) is 0 Å². The van der Waals surface area contributed by atoms with Crippen LogP contribution in [-0.4, -0.2) is 41.6 Å². The molecule has 1 unspecified atom stereocenters. The van der Waals surface area contributed by atoms with Gasteiger partial charge in [0.2, 0.25) is 0 Å². The van der Waals surface area contributed by atoms with Crippen LogP contribution < -0.4 is 0 Å². The number of Topliss-reactive ketones (excluding diaryl/α,β-unsaturated/α-hetero) is 1. The van der Waals surface area contributed by atoms with Gasteiger partial charge in [-0.25, -0.2) is 0 Å². The molecule has 100 valence electrons. The molecule has 0 aromatic rings. The summed E-state index contributed by atoms with van der Waals surface area (Å²) in [5, 5.41) is 0. The summed E-state index contributed by atoms with van der Waals surface area (Å²) in [4.78, 5) is 37.6. The fraction of sp³-hybridized carbons (Fsp3) is 0.583. The van der Waals surface area contributed by atoms with Crippen molar-refractivity contribution in [2.24, 2.45) is 0 Å². The summed E-state index contributed by atoms with van der Waals surface area (Å²) in [5.41, 5.74) is 0. The standard InChI is InChI=1S/C12H17NO3S2/c1-4-8(14)6-5-7-13-11(15)9(17-2)10(18-3)12(13)16/h4-7H2,1-3H3/i1TD. The molecular formula is C12H17NO3S2. The number of imide groups is 1. The molecule has 0 spiro atoms. The smallest absolute Gasteiger partial charge is 0.268 e. The zero-order chi connectivity index (χ0) is 15.3. The Morgan fingerprint density at radius 1 is 1.33 bits per heavy atom. The van der Waals surface area contributed by atoms with Gasteiger partial charge in [-0.05, 0) is 18.9 Å². The summed E-state index contributed by atoms with van der Waals surface area (Å²) < 4.78 is 14.0. The van der Waals surface area contributed by atoms with Crippen LogP contribution in [0.15, 0.2) is 9.81 Å². The van der Waals surface area contributed by atoms with Crippen LogP contribution in [0, 0.1) is 0 Å². The zero-order valence-corrected chi connectivity index (χ0v) is 12.0. The summed E-state index contributed by atoms with van der Waals surface area (Å²) in [6.45, 7) is -0.941. The lowest BCUT2D eigenvalue weighted by Crippen LogP contribution is -2.32. The molecule has 4 nitrogen and oxygen atoms in total. The van der Waals surface area contributed by atoms with Crippen LogP contribution in [0.4, 0.5) is 0 Å². The van der Waals surface area contributed by atoms with Gasteiger partial charge >= 0.3 is 0 Å². The molecule has 0 fully saturated rings. The monoisotopic (exact) mass is 290 g/mol. The quantitative estimate of drug-likeness (QED) is 0.672. The van der Waals surface area contributed by atoms with Crippen molar-refractivity contribution in [3.63, 3.8) is 0 Å². The number of carbonyl (C=O) groups excluding carboxylic acids is 3. The molecule has 1 aliphatic heterocycles. The topological polar surface area (TPSA) is 54.5 Å². The highest BCUT2D eigenvalue weighted by atomic mass is 32.2. The number of hydrogen-bond donors (Lipinski definition) is 0. The SMILES string of the molecule is [2H]C([3H])CC(=O)CCCN1C(=O)C(SC)=C(SC)C1=O. The normalized spacial score (nSPS) is 19.1. The van der Waals surface area contributed by atoms with E-state index in [4.69, 9.17) is 2.74 Å². The van der Waals surface area contributed by atoms with Crippen molar-refractivity contribution in [2.45, 2.75) is 26.1 Å². The Morgan fingerprint density at radius 3 is 2.33 bits per heavy atom. The van der Waals surface area contributed by atoms with Gasteiger partial charge in [-0.2, -0.15) is 0 Å². The summed E-state index contributed by atoms with van der Waals surface area (Å²) in [6.07, 6.45) is 3.98. The maximum absolute atomic E-state index is 12.0. The molecule has 1 rings (SSSR count).